The highest BCUT2D eigenvalue weighted by atomic mass is 16.5. The molecule has 1 atom stereocenters. The lowest BCUT2D eigenvalue weighted by molar-refractivity contribution is -0.136. The molecule has 5 heteroatoms. The average Bonchev–Trinajstić information content (AvgIpc) is 2.61. The van der Waals surface area contributed by atoms with Gasteiger partial charge in [0.15, 0.2) is 0 Å². The van der Waals surface area contributed by atoms with Gasteiger partial charge in [0.2, 0.25) is 5.91 Å². The van der Waals surface area contributed by atoms with Crippen molar-refractivity contribution in [2.24, 2.45) is 5.92 Å². The van der Waals surface area contributed by atoms with Crippen LogP contribution in [0.3, 0.4) is 0 Å². The normalized spacial score (nSPS) is 16.2. The van der Waals surface area contributed by atoms with Crippen LogP contribution in [0.4, 0.5) is 0 Å². The second-order valence-electron chi connectivity index (χ2n) is 5.70. The average molecular weight is 312 g/mol. The van der Waals surface area contributed by atoms with Gasteiger partial charge in [-0.25, -0.2) is 0 Å². The topological polar surface area (TPSA) is 51.7 Å². The largest absolute Gasteiger partial charge is 0.497 e. The van der Waals surface area contributed by atoms with Crippen LogP contribution in [0.1, 0.15) is 11.3 Å². The van der Waals surface area contributed by atoms with Crippen molar-refractivity contribution in [3.63, 3.8) is 0 Å². The molecule has 0 saturated carbocycles. The SMILES string of the molecule is COc1ccc2c(c1)OC[C@@H](C(=O)N(C)Cc1ccccn1)C2. The molecule has 0 radical (unpaired) electrons. The third-order valence-corrected chi connectivity index (χ3v) is 4.03. The lowest BCUT2D eigenvalue weighted by Crippen LogP contribution is -2.38. The third kappa shape index (κ3) is 3.44. The minimum absolute atomic E-state index is 0.0807. The Morgan fingerprint density at radius 3 is 3.00 bits per heavy atom. The van der Waals surface area contributed by atoms with E-state index in [2.05, 4.69) is 4.98 Å². The number of benzene rings is 1. The van der Waals surface area contributed by atoms with E-state index in [0.29, 0.717) is 19.6 Å². The number of hydrogen-bond donors (Lipinski definition) is 0. The van der Waals surface area contributed by atoms with Crippen LogP contribution in [0.2, 0.25) is 0 Å². The number of rotatable bonds is 4. The van der Waals surface area contributed by atoms with Gasteiger partial charge in [-0.15, -0.1) is 0 Å². The number of aromatic nitrogens is 1. The molecule has 0 bridgehead atoms. The molecular formula is C18H20N2O3. The Labute approximate surface area is 135 Å². The number of fused-ring (bicyclic) bond motifs is 1. The van der Waals surface area contributed by atoms with Crippen LogP contribution < -0.4 is 9.47 Å². The fourth-order valence-electron chi connectivity index (χ4n) is 2.76. The molecule has 2 aromatic rings. The Hall–Kier alpha value is -2.56. The van der Waals surface area contributed by atoms with Crippen molar-refractivity contribution in [2.75, 3.05) is 20.8 Å². The number of pyridine rings is 1. The number of amides is 1. The first kappa shape index (κ1) is 15.3. The van der Waals surface area contributed by atoms with E-state index < -0.39 is 0 Å². The zero-order valence-corrected chi connectivity index (χ0v) is 13.4. The van der Waals surface area contributed by atoms with Gasteiger partial charge >= 0.3 is 0 Å². The molecule has 5 nitrogen and oxygen atoms in total. The summed E-state index contributed by atoms with van der Waals surface area (Å²) in [6, 6.07) is 11.4. The van der Waals surface area contributed by atoms with Crippen molar-refractivity contribution >= 4 is 5.91 Å². The summed E-state index contributed by atoms with van der Waals surface area (Å²) < 4.78 is 11.0. The zero-order valence-electron chi connectivity index (χ0n) is 13.4. The van der Waals surface area contributed by atoms with Crippen LogP contribution in [0.15, 0.2) is 42.6 Å². The summed E-state index contributed by atoms with van der Waals surface area (Å²) in [6.45, 7) is 0.900. The molecule has 0 fully saturated rings. The first-order valence-corrected chi connectivity index (χ1v) is 7.62. The molecule has 120 valence electrons. The predicted octanol–water partition coefficient (Wildman–Crippen LogP) is 2.30. The Morgan fingerprint density at radius 1 is 1.39 bits per heavy atom. The molecule has 1 amide bonds. The first-order valence-electron chi connectivity index (χ1n) is 7.62. The second kappa shape index (κ2) is 6.69. The van der Waals surface area contributed by atoms with E-state index in [-0.39, 0.29) is 11.8 Å². The summed E-state index contributed by atoms with van der Waals surface area (Å²) in [5, 5.41) is 0. The van der Waals surface area contributed by atoms with Crippen LogP contribution in [0.25, 0.3) is 0 Å². The lowest BCUT2D eigenvalue weighted by atomic mass is 9.95. The highest BCUT2D eigenvalue weighted by Crippen LogP contribution is 2.31. The van der Waals surface area contributed by atoms with Gasteiger partial charge in [0, 0.05) is 19.3 Å². The minimum Gasteiger partial charge on any atom is -0.497 e. The molecule has 1 aliphatic rings. The van der Waals surface area contributed by atoms with Gasteiger partial charge in [-0.3, -0.25) is 9.78 Å². The molecule has 0 saturated heterocycles. The molecule has 2 heterocycles. The van der Waals surface area contributed by atoms with Crippen molar-refractivity contribution in [1.29, 1.82) is 0 Å². The smallest absolute Gasteiger partial charge is 0.229 e. The third-order valence-electron chi connectivity index (χ3n) is 4.03. The number of carbonyl (C=O) groups excluding carboxylic acids is 1. The van der Waals surface area contributed by atoms with Gasteiger partial charge in [0.1, 0.15) is 18.1 Å². The summed E-state index contributed by atoms with van der Waals surface area (Å²) in [5.74, 6) is 1.49. The first-order chi connectivity index (χ1) is 11.2. The van der Waals surface area contributed by atoms with Crippen LogP contribution in [-0.4, -0.2) is 36.6 Å². The van der Waals surface area contributed by atoms with Gasteiger partial charge in [-0.2, -0.15) is 0 Å². The van der Waals surface area contributed by atoms with E-state index in [1.165, 1.54) is 0 Å². The van der Waals surface area contributed by atoms with Gasteiger partial charge in [-0.1, -0.05) is 12.1 Å². The molecule has 1 aliphatic heterocycles. The summed E-state index contributed by atoms with van der Waals surface area (Å²) in [6.07, 6.45) is 2.42. The van der Waals surface area contributed by atoms with Gasteiger partial charge in [0.25, 0.3) is 0 Å². The maximum Gasteiger partial charge on any atom is 0.229 e. The van der Waals surface area contributed by atoms with E-state index in [4.69, 9.17) is 9.47 Å². The van der Waals surface area contributed by atoms with E-state index in [9.17, 15) is 4.79 Å². The number of nitrogens with zero attached hydrogens (tertiary/aromatic N) is 2. The summed E-state index contributed by atoms with van der Waals surface area (Å²) in [4.78, 5) is 18.6. The Morgan fingerprint density at radius 2 is 2.26 bits per heavy atom. The van der Waals surface area contributed by atoms with Crippen LogP contribution in [-0.2, 0) is 17.8 Å². The fourth-order valence-corrected chi connectivity index (χ4v) is 2.76. The monoisotopic (exact) mass is 312 g/mol. The summed E-state index contributed by atoms with van der Waals surface area (Å²) >= 11 is 0. The summed E-state index contributed by atoms with van der Waals surface area (Å²) in [7, 11) is 3.43. The van der Waals surface area contributed by atoms with Crippen LogP contribution in [0, 0.1) is 5.92 Å². The number of ether oxygens (including phenoxy) is 2. The van der Waals surface area contributed by atoms with Gasteiger partial charge < -0.3 is 14.4 Å². The Bertz CT molecular complexity index is 688. The molecule has 3 rings (SSSR count). The maximum absolute atomic E-state index is 12.6. The molecule has 1 aromatic heterocycles. The molecule has 23 heavy (non-hydrogen) atoms. The predicted molar refractivity (Wildman–Crippen MR) is 86.4 cm³/mol. The highest BCUT2D eigenvalue weighted by molar-refractivity contribution is 5.79. The number of hydrogen-bond acceptors (Lipinski definition) is 4. The lowest BCUT2D eigenvalue weighted by Gasteiger charge is -2.28. The Balaban J connectivity index is 1.66. The van der Waals surface area contributed by atoms with Crippen molar-refractivity contribution in [1.82, 2.24) is 9.88 Å². The van der Waals surface area contributed by atoms with E-state index >= 15 is 0 Å². The highest BCUT2D eigenvalue weighted by Gasteiger charge is 2.28. The van der Waals surface area contributed by atoms with E-state index in [1.807, 2.05) is 36.4 Å². The summed E-state index contributed by atoms with van der Waals surface area (Å²) in [5.41, 5.74) is 1.92. The van der Waals surface area contributed by atoms with Gasteiger partial charge in [0.05, 0.1) is 25.3 Å². The molecule has 1 aromatic carbocycles. The zero-order chi connectivity index (χ0) is 16.2. The molecular weight excluding hydrogens is 292 g/mol. The Kier molecular flexibility index (Phi) is 4.46. The molecule has 0 N–H and O–H groups in total. The van der Waals surface area contributed by atoms with Crippen molar-refractivity contribution in [3.05, 3.63) is 53.9 Å². The number of methoxy groups -OCH3 is 1. The van der Waals surface area contributed by atoms with E-state index in [0.717, 1.165) is 22.8 Å². The van der Waals surface area contributed by atoms with E-state index in [1.54, 1.807) is 25.3 Å². The van der Waals surface area contributed by atoms with Crippen LogP contribution >= 0.6 is 0 Å². The van der Waals surface area contributed by atoms with Crippen LogP contribution in [0.5, 0.6) is 11.5 Å². The van der Waals surface area contributed by atoms with Crippen molar-refractivity contribution < 1.29 is 14.3 Å². The minimum atomic E-state index is -0.162. The maximum atomic E-state index is 12.6. The van der Waals surface area contributed by atoms with Crippen molar-refractivity contribution in [3.8, 4) is 11.5 Å². The second-order valence-corrected chi connectivity index (χ2v) is 5.70. The number of carbonyl (C=O) groups is 1. The molecule has 0 aliphatic carbocycles. The molecule has 0 unspecified atom stereocenters. The quantitative estimate of drug-likeness (QED) is 0.869. The molecule has 0 spiro atoms. The standard InChI is InChI=1S/C18H20N2O3/c1-20(11-15-5-3-4-8-19-15)18(21)14-9-13-6-7-16(22-2)10-17(13)23-12-14/h3-8,10,14H,9,11-12H2,1-2H3/t14-/m0/s1. The van der Waals surface area contributed by atoms with Gasteiger partial charge in [-0.05, 0) is 30.2 Å². The van der Waals surface area contributed by atoms with Crippen molar-refractivity contribution in [2.45, 2.75) is 13.0 Å². The fraction of sp³-hybridized carbons (Fsp3) is 0.333.